The van der Waals surface area contributed by atoms with Crippen LogP contribution in [-0.2, 0) is 33.9 Å². The van der Waals surface area contributed by atoms with E-state index in [1.165, 1.54) is 54.9 Å². The molecular formula is C40H31FN4O8. The number of nitrogens with zero attached hydrogens (tertiary/aromatic N) is 1. The molecule has 2 amide bonds. The molecule has 0 bridgehead atoms. The number of imidazole rings is 1. The van der Waals surface area contributed by atoms with Gasteiger partial charge in [0.2, 0.25) is 5.91 Å². The third kappa shape index (κ3) is 8.96. The fourth-order valence-corrected chi connectivity index (χ4v) is 5.45. The SMILES string of the molecule is O=C(OCc1ccccc1)c1cc(NC(=O)[C@H](Cc2ccccc2F)NC(=O)c2cc3nc[nH]c3cc2C(=O)O)cc(C(=O)OCc2ccccc2)c1. The quantitative estimate of drug-likeness (QED) is 0.103. The molecule has 0 spiro atoms. The van der Waals surface area contributed by atoms with Crippen molar-refractivity contribution in [2.75, 3.05) is 5.32 Å². The summed E-state index contributed by atoms with van der Waals surface area (Å²) in [6.07, 6.45) is 0.992. The number of carbonyl (C=O) groups is 5. The maximum absolute atomic E-state index is 14.8. The monoisotopic (exact) mass is 714 g/mol. The molecular weight excluding hydrogens is 683 g/mol. The molecule has 0 fully saturated rings. The highest BCUT2D eigenvalue weighted by Gasteiger charge is 2.27. The number of halogens is 1. The standard InChI is InChI=1S/C40H31FN4O8/c41-32-14-8-7-13-26(32)18-35(45-36(46)30-19-33-34(43-23-42-33)20-31(30)38(48)49)37(47)44-29-16-27(39(50)52-21-24-9-3-1-4-10-24)15-28(17-29)40(51)53-22-25-11-5-2-6-12-25/h1-17,19-20,23,35H,18,21-22H2,(H,42,43)(H,44,47)(H,45,46)(H,48,49)/t35-/m0/s1. The number of aromatic carboxylic acids is 1. The summed E-state index contributed by atoms with van der Waals surface area (Å²) in [4.78, 5) is 73.0. The van der Waals surface area contributed by atoms with E-state index in [-0.39, 0.29) is 53.1 Å². The number of esters is 2. The third-order valence-electron chi connectivity index (χ3n) is 8.14. The number of amides is 2. The van der Waals surface area contributed by atoms with Gasteiger partial charge in [0, 0.05) is 12.1 Å². The van der Waals surface area contributed by atoms with E-state index in [1.54, 1.807) is 54.6 Å². The number of H-pyrrole nitrogens is 1. The third-order valence-corrected chi connectivity index (χ3v) is 8.14. The van der Waals surface area contributed by atoms with Crippen molar-refractivity contribution >= 4 is 46.4 Å². The lowest BCUT2D eigenvalue weighted by molar-refractivity contribution is -0.118. The van der Waals surface area contributed by atoms with E-state index in [0.717, 1.165) is 11.1 Å². The van der Waals surface area contributed by atoms with Crippen molar-refractivity contribution in [2.45, 2.75) is 25.7 Å². The first-order chi connectivity index (χ1) is 25.6. The van der Waals surface area contributed by atoms with Gasteiger partial charge >= 0.3 is 17.9 Å². The second-order valence-electron chi connectivity index (χ2n) is 11.9. The zero-order chi connectivity index (χ0) is 37.3. The summed E-state index contributed by atoms with van der Waals surface area (Å²) < 4.78 is 25.8. The fourth-order valence-electron chi connectivity index (χ4n) is 5.45. The zero-order valence-electron chi connectivity index (χ0n) is 27.9. The van der Waals surface area contributed by atoms with Crippen LogP contribution in [0, 0.1) is 5.82 Å². The highest BCUT2D eigenvalue weighted by molar-refractivity contribution is 6.09. The van der Waals surface area contributed by atoms with Crippen molar-refractivity contribution in [3.63, 3.8) is 0 Å². The van der Waals surface area contributed by atoms with Crippen LogP contribution in [0.4, 0.5) is 10.1 Å². The predicted molar refractivity (Wildman–Crippen MR) is 191 cm³/mol. The number of benzene rings is 5. The van der Waals surface area contributed by atoms with E-state index < -0.39 is 41.6 Å². The molecule has 0 aliphatic heterocycles. The van der Waals surface area contributed by atoms with Crippen molar-refractivity contribution < 1.29 is 42.9 Å². The van der Waals surface area contributed by atoms with Gasteiger partial charge in [-0.3, -0.25) is 9.59 Å². The van der Waals surface area contributed by atoms with Gasteiger partial charge in [-0.2, -0.15) is 0 Å². The Morgan fingerprint density at radius 2 is 1.32 bits per heavy atom. The lowest BCUT2D eigenvalue weighted by atomic mass is 10.0. The molecule has 5 aromatic carbocycles. The number of ether oxygens (including phenoxy) is 2. The summed E-state index contributed by atoms with van der Waals surface area (Å²) in [7, 11) is 0. The van der Waals surface area contributed by atoms with Crippen LogP contribution in [0.15, 0.2) is 122 Å². The number of aromatic amines is 1. The summed E-state index contributed by atoms with van der Waals surface area (Å²) in [5, 5.41) is 15.0. The summed E-state index contributed by atoms with van der Waals surface area (Å²) in [6.45, 7) is -0.133. The molecule has 6 aromatic rings. The van der Waals surface area contributed by atoms with Gasteiger partial charge in [0.05, 0.1) is 39.6 Å². The second kappa shape index (κ2) is 16.2. The largest absolute Gasteiger partial charge is 0.478 e. The molecule has 4 N–H and O–H groups in total. The number of hydrogen-bond acceptors (Lipinski definition) is 8. The van der Waals surface area contributed by atoms with Gasteiger partial charge in [0.1, 0.15) is 25.1 Å². The van der Waals surface area contributed by atoms with Crippen molar-refractivity contribution in [3.8, 4) is 0 Å². The molecule has 12 nitrogen and oxygen atoms in total. The first kappa shape index (κ1) is 35.7. The minimum Gasteiger partial charge on any atom is -0.478 e. The Balaban J connectivity index is 1.30. The highest BCUT2D eigenvalue weighted by atomic mass is 19.1. The molecule has 0 radical (unpaired) electrons. The Bertz CT molecular complexity index is 2240. The maximum Gasteiger partial charge on any atom is 0.338 e. The van der Waals surface area contributed by atoms with Gasteiger partial charge in [-0.05, 0) is 53.1 Å². The Labute approximate surface area is 301 Å². The molecule has 1 heterocycles. The highest BCUT2D eigenvalue weighted by Crippen LogP contribution is 2.22. The fraction of sp³-hybridized carbons (Fsp3) is 0.100. The van der Waals surface area contributed by atoms with E-state index in [4.69, 9.17) is 9.47 Å². The van der Waals surface area contributed by atoms with Crippen LogP contribution in [0.5, 0.6) is 0 Å². The number of carbonyl (C=O) groups excluding carboxylic acids is 4. The first-order valence-corrected chi connectivity index (χ1v) is 16.3. The zero-order valence-corrected chi connectivity index (χ0v) is 27.9. The van der Waals surface area contributed by atoms with Crippen molar-refractivity contribution in [1.82, 2.24) is 15.3 Å². The molecule has 0 saturated heterocycles. The number of rotatable bonds is 13. The lowest BCUT2D eigenvalue weighted by Gasteiger charge is -2.20. The normalized spacial score (nSPS) is 11.3. The molecule has 1 aromatic heterocycles. The molecule has 1 atom stereocenters. The average molecular weight is 715 g/mol. The molecule has 0 aliphatic rings. The van der Waals surface area contributed by atoms with Crippen molar-refractivity contribution in [1.29, 1.82) is 0 Å². The van der Waals surface area contributed by atoms with Gasteiger partial charge in [0.25, 0.3) is 5.91 Å². The lowest BCUT2D eigenvalue weighted by Crippen LogP contribution is -2.45. The van der Waals surface area contributed by atoms with E-state index in [1.807, 2.05) is 12.1 Å². The van der Waals surface area contributed by atoms with Crippen LogP contribution in [-0.4, -0.2) is 50.8 Å². The minimum absolute atomic E-state index is 0.0345. The van der Waals surface area contributed by atoms with Crippen LogP contribution in [0.3, 0.4) is 0 Å². The Kier molecular flexibility index (Phi) is 10.9. The molecule has 0 unspecified atom stereocenters. The number of carboxylic acids is 1. The van der Waals surface area contributed by atoms with Crippen LogP contribution in [0.2, 0.25) is 0 Å². The summed E-state index contributed by atoms with van der Waals surface area (Å²) in [6, 6.07) is 28.4. The number of anilines is 1. The topological polar surface area (TPSA) is 177 Å². The van der Waals surface area contributed by atoms with Crippen molar-refractivity contribution in [2.24, 2.45) is 0 Å². The summed E-state index contributed by atoms with van der Waals surface area (Å²) in [5.41, 5.74) is 1.36. The molecule has 0 saturated carbocycles. The summed E-state index contributed by atoms with van der Waals surface area (Å²) >= 11 is 0. The van der Waals surface area contributed by atoms with Gasteiger partial charge < -0.3 is 30.2 Å². The van der Waals surface area contributed by atoms with Crippen molar-refractivity contribution in [3.05, 3.63) is 166 Å². The van der Waals surface area contributed by atoms with Gasteiger partial charge in [0.15, 0.2) is 0 Å². The van der Waals surface area contributed by atoms with E-state index in [9.17, 15) is 33.5 Å². The Morgan fingerprint density at radius 3 is 1.91 bits per heavy atom. The Hall–Kier alpha value is -7.15. The van der Waals surface area contributed by atoms with Crippen LogP contribution < -0.4 is 10.6 Å². The first-order valence-electron chi connectivity index (χ1n) is 16.3. The number of nitrogens with one attached hydrogen (secondary N) is 3. The maximum atomic E-state index is 14.8. The average Bonchev–Trinajstić information content (AvgIpc) is 3.64. The number of carboxylic acid groups (broad SMARTS) is 1. The van der Waals surface area contributed by atoms with Gasteiger partial charge in [-0.25, -0.2) is 23.8 Å². The Morgan fingerprint density at radius 1 is 0.736 bits per heavy atom. The van der Waals surface area contributed by atoms with E-state index >= 15 is 0 Å². The number of hydrogen-bond donors (Lipinski definition) is 4. The summed E-state index contributed by atoms with van der Waals surface area (Å²) in [5.74, 6) is -5.44. The predicted octanol–water partition coefficient (Wildman–Crippen LogP) is 6.09. The van der Waals surface area contributed by atoms with Crippen LogP contribution >= 0.6 is 0 Å². The molecule has 13 heteroatoms. The van der Waals surface area contributed by atoms with Crippen LogP contribution in [0.1, 0.15) is 58.1 Å². The minimum atomic E-state index is -1.47. The smallest absolute Gasteiger partial charge is 0.338 e. The van der Waals surface area contributed by atoms with Gasteiger partial charge in [-0.1, -0.05) is 78.9 Å². The molecule has 0 aliphatic carbocycles. The second-order valence-corrected chi connectivity index (χ2v) is 11.9. The molecule has 266 valence electrons. The molecule has 6 rings (SSSR count). The van der Waals surface area contributed by atoms with E-state index in [0.29, 0.717) is 11.0 Å². The number of fused-ring (bicyclic) bond motifs is 1. The number of aromatic nitrogens is 2. The van der Waals surface area contributed by atoms with E-state index in [2.05, 4.69) is 20.6 Å². The molecule has 53 heavy (non-hydrogen) atoms. The van der Waals surface area contributed by atoms with Gasteiger partial charge in [-0.15, -0.1) is 0 Å². The van der Waals surface area contributed by atoms with Crippen LogP contribution in [0.25, 0.3) is 11.0 Å².